The summed E-state index contributed by atoms with van der Waals surface area (Å²) < 4.78 is 5.15. The number of carbonyl (C=O) groups is 1. The number of hydrogen-bond donors (Lipinski definition) is 1. The topological polar surface area (TPSA) is 55.1 Å². The summed E-state index contributed by atoms with van der Waals surface area (Å²) in [5.74, 6) is 3.00. The van der Waals surface area contributed by atoms with Gasteiger partial charge in [-0.3, -0.25) is 4.79 Å². The van der Waals surface area contributed by atoms with Crippen LogP contribution in [0, 0.1) is 24.7 Å². The van der Waals surface area contributed by atoms with E-state index in [0.717, 1.165) is 24.0 Å². The highest BCUT2D eigenvalue weighted by molar-refractivity contribution is 5.96. The minimum atomic E-state index is -0.0177. The molecule has 20 heavy (non-hydrogen) atoms. The standard InChI is InChI=1S/C16H24N2O2/c1-4-14-15(10(3)20-18-14)16(19)17-9(2)13-8-11-5-6-12(13)7-11/h9,11-13H,4-8H2,1-3H3,(H,17,19)/t9-,11-,12-,13+/m0/s1. The molecule has 1 aromatic heterocycles. The molecule has 2 aliphatic carbocycles. The molecule has 1 heterocycles. The predicted octanol–water partition coefficient (Wildman–Crippen LogP) is 3.10. The lowest BCUT2D eigenvalue weighted by molar-refractivity contribution is 0.0913. The average Bonchev–Trinajstić information content (AvgIpc) is 3.12. The molecule has 0 aliphatic heterocycles. The minimum Gasteiger partial charge on any atom is -0.361 e. The Labute approximate surface area is 120 Å². The summed E-state index contributed by atoms with van der Waals surface area (Å²) in [6.45, 7) is 5.95. The summed E-state index contributed by atoms with van der Waals surface area (Å²) >= 11 is 0. The maximum atomic E-state index is 12.5. The summed E-state index contributed by atoms with van der Waals surface area (Å²) in [5, 5.41) is 7.15. The molecule has 0 saturated heterocycles. The van der Waals surface area contributed by atoms with Crippen molar-refractivity contribution in [2.45, 2.75) is 58.9 Å². The normalized spacial score (nSPS) is 29.6. The number of nitrogens with one attached hydrogen (secondary N) is 1. The third-order valence-electron chi connectivity index (χ3n) is 5.29. The SMILES string of the molecule is CCc1noc(C)c1C(=O)N[C@@H](C)[C@H]1C[C@H]2CC[C@H]1C2. The van der Waals surface area contributed by atoms with Crippen molar-refractivity contribution in [3.8, 4) is 0 Å². The van der Waals surface area contributed by atoms with Crippen molar-refractivity contribution < 1.29 is 9.32 Å². The Morgan fingerprint density at radius 3 is 2.85 bits per heavy atom. The van der Waals surface area contributed by atoms with Crippen molar-refractivity contribution in [2.75, 3.05) is 0 Å². The van der Waals surface area contributed by atoms with E-state index in [0.29, 0.717) is 17.2 Å². The molecule has 0 radical (unpaired) electrons. The highest BCUT2D eigenvalue weighted by Gasteiger charge is 2.42. The fourth-order valence-corrected chi connectivity index (χ4v) is 4.24. The number of aryl methyl sites for hydroxylation is 2. The van der Waals surface area contributed by atoms with E-state index in [1.807, 2.05) is 13.8 Å². The van der Waals surface area contributed by atoms with E-state index in [1.165, 1.54) is 25.7 Å². The zero-order chi connectivity index (χ0) is 14.3. The smallest absolute Gasteiger partial charge is 0.257 e. The molecule has 110 valence electrons. The van der Waals surface area contributed by atoms with E-state index in [-0.39, 0.29) is 11.9 Å². The number of aromatic nitrogens is 1. The number of amides is 1. The molecule has 1 N–H and O–H groups in total. The highest BCUT2D eigenvalue weighted by atomic mass is 16.5. The number of nitrogens with zero attached hydrogens (tertiary/aromatic N) is 1. The average molecular weight is 276 g/mol. The van der Waals surface area contributed by atoms with Crippen LogP contribution in [0.5, 0.6) is 0 Å². The molecule has 4 atom stereocenters. The van der Waals surface area contributed by atoms with Crippen LogP contribution in [0.15, 0.2) is 4.52 Å². The van der Waals surface area contributed by atoms with Crippen molar-refractivity contribution in [1.82, 2.24) is 10.5 Å². The van der Waals surface area contributed by atoms with E-state index >= 15 is 0 Å². The molecule has 3 rings (SSSR count). The van der Waals surface area contributed by atoms with Crippen molar-refractivity contribution in [2.24, 2.45) is 17.8 Å². The van der Waals surface area contributed by atoms with Gasteiger partial charge in [-0.1, -0.05) is 18.5 Å². The van der Waals surface area contributed by atoms with Gasteiger partial charge in [0.15, 0.2) is 0 Å². The van der Waals surface area contributed by atoms with Crippen LogP contribution in [-0.4, -0.2) is 17.1 Å². The van der Waals surface area contributed by atoms with Gasteiger partial charge in [0, 0.05) is 6.04 Å². The second-order valence-corrected chi connectivity index (χ2v) is 6.51. The van der Waals surface area contributed by atoms with Crippen LogP contribution in [0.25, 0.3) is 0 Å². The van der Waals surface area contributed by atoms with Crippen LogP contribution in [-0.2, 0) is 6.42 Å². The van der Waals surface area contributed by atoms with Gasteiger partial charge in [0.2, 0.25) is 0 Å². The Hall–Kier alpha value is -1.32. The zero-order valence-corrected chi connectivity index (χ0v) is 12.6. The Morgan fingerprint density at radius 1 is 1.45 bits per heavy atom. The molecule has 2 aliphatic rings. The molecule has 2 bridgehead atoms. The van der Waals surface area contributed by atoms with Crippen LogP contribution in [0.3, 0.4) is 0 Å². The Morgan fingerprint density at radius 2 is 2.25 bits per heavy atom. The lowest BCUT2D eigenvalue weighted by atomic mass is 9.84. The maximum absolute atomic E-state index is 12.5. The van der Waals surface area contributed by atoms with Crippen molar-refractivity contribution in [3.05, 3.63) is 17.0 Å². The molecule has 2 saturated carbocycles. The summed E-state index contributed by atoms with van der Waals surface area (Å²) in [6.07, 6.45) is 6.13. The lowest BCUT2D eigenvalue weighted by Gasteiger charge is -2.28. The molecular formula is C16H24N2O2. The number of rotatable bonds is 4. The molecule has 4 nitrogen and oxygen atoms in total. The van der Waals surface area contributed by atoms with Gasteiger partial charge in [0.25, 0.3) is 5.91 Å². The molecular weight excluding hydrogens is 252 g/mol. The lowest BCUT2D eigenvalue weighted by Crippen LogP contribution is -2.40. The fourth-order valence-electron chi connectivity index (χ4n) is 4.24. The van der Waals surface area contributed by atoms with Gasteiger partial charge in [-0.25, -0.2) is 0 Å². The Bertz CT molecular complexity index is 509. The van der Waals surface area contributed by atoms with E-state index < -0.39 is 0 Å². The van der Waals surface area contributed by atoms with Gasteiger partial charge in [-0.15, -0.1) is 0 Å². The third kappa shape index (κ3) is 2.25. The first-order chi connectivity index (χ1) is 9.60. The van der Waals surface area contributed by atoms with E-state index in [1.54, 1.807) is 0 Å². The quantitative estimate of drug-likeness (QED) is 0.919. The van der Waals surface area contributed by atoms with Gasteiger partial charge in [0.05, 0.1) is 5.69 Å². The van der Waals surface area contributed by atoms with Gasteiger partial charge >= 0.3 is 0 Å². The summed E-state index contributed by atoms with van der Waals surface area (Å²) in [7, 11) is 0. The first-order valence-corrected chi connectivity index (χ1v) is 7.86. The molecule has 0 unspecified atom stereocenters. The largest absolute Gasteiger partial charge is 0.361 e. The number of hydrogen-bond acceptors (Lipinski definition) is 3. The molecule has 1 aromatic rings. The van der Waals surface area contributed by atoms with Crippen LogP contribution in [0.2, 0.25) is 0 Å². The van der Waals surface area contributed by atoms with Gasteiger partial charge < -0.3 is 9.84 Å². The van der Waals surface area contributed by atoms with Gasteiger partial charge in [0.1, 0.15) is 11.3 Å². The van der Waals surface area contributed by atoms with Gasteiger partial charge in [-0.05, 0) is 57.3 Å². The maximum Gasteiger partial charge on any atom is 0.257 e. The monoisotopic (exact) mass is 276 g/mol. The molecule has 2 fully saturated rings. The third-order valence-corrected chi connectivity index (χ3v) is 5.29. The summed E-state index contributed by atoms with van der Waals surface area (Å²) in [6, 6.07) is 0.247. The number of fused-ring (bicyclic) bond motifs is 2. The first kappa shape index (κ1) is 13.7. The van der Waals surface area contributed by atoms with Crippen LogP contribution < -0.4 is 5.32 Å². The van der Waals surface area contributed by atoms with Crippen molar-refractivity contribution in [1.29, 1.82) is 0 Å². The van der Waals surface area contributed by atoms with Crippen molar-refractivity contribution in [3.63, 3.8) is 0 Å². The summed E-state index contributed by atoms with van der Waals surface area (Å²) in [5.41, 5.74) is 1.41. The van der Waals surface area contributed by atoms with Crippen LogP contribution in [0.4, 0.5) is 0 Å². The molecule has 1 amide bonds. The van der Waals surface area contributed by atoms with Crippen LogP contribution >= 0.6 is 0 Å². The van der Waals surface area contributed by atoms with E-state index in [9.17, 15) is 4.79 Å². The fraction of sp³-hybridized carbons (Fsp3) is 0.750. The molecule has 0 spiro atoms. The van der Waals surface area contributed by atoms with E-state index in [2.05, 4.69) is 17.4 Å². The zero-order valence-electron chi connectivity index (χ0n) is 12.6. The van der Waals surface area contributed by atoms with E-state index in [4.69, 9.17) is 4.52 Å². The first-order valence-electron chi connectivity index (χ1n) is 7.86. The minimum absolute atomic E-state index is 0.0177. The molecule has 4 heteroatoms. The summed E-state index contributed by atoms with van der Waals surface area (Å²) in [4.78, 5) is 12.5. The predicted molar refractivity (Wildman–Crippen MR) is 76.5 cm³/mol. The van der Waals surface area contributed by atoms with Gasteiger partial charge in [-0.2, -0.15) is 0 Å². The highest BCUT2D eigenvalue weighted by Crippen LogP contribution is 2.49. The van der Waals surface area contributed by atoms with Crippen LogP contribution in [0.1, 0.15) is 61.3 Å². The molecule has 0 aromatic carbocycles. The Balaban J connectivity index is 1.68. The van der Waals surface area contributed by atoms with Crippen molar-refractivity contribution >= 4 is 5.91 Å². The second kappa shape index (κ2) is 5.23. The number of carbonyl (C=O) groups excluding carboxylic acids is 1. The Kier molecular flexibility index (Phi) is 3.57. The second-order valence-electron chi connectivity index (χ2n) is 6.51.